The number of hydrogen-bond donors (Lipinski definition) is 1. The van der Waals surface area contributed by atoms with Crippen LogP contribution in [-0.2, 0) is 5.75 Å². The maximum Gasteiger partial charge on any atom is 0.231 e. The van der Waals surface area contributed by atoms with Crippen LogP contribution < -0.4 is 0 Å². The minimum absolute atomic E-state index is 0.626. The molecule has 0 spiro atoms. The fraction of sp³-hybridized carbons (Fsp3) is 0.333. The molecule has 0 saturated heterocycles. The Balaban J connectivity index is 1.97. The van der Waals surface area contributed by atoms with Gasteiger partial charge in [-0.1, -0.05) is 16.9 Å². The van der Waals surface area contributed by atoms with Crippen molar-refractivity contribution in [2.24, 2.45) is 0 Å². The summed E-state index contributed by atoms with van der Waals surface area (Å²) in [5.41, 5.74) is 1.05. The van der Waals surface area contributed by atoms with Crippen LogP contribution in [-0.4, -0.2) is 25.8 Å². The number of nitrogens with one attached hydrogen (secondary N) is 1. The molecule has 13 heavy (non-hydrogen) atoms. The molecule has 2 heterocycles. The number of tetrazole rings is 1. The summed E-state index contributed by atoms with van der Waals surface area (Å²) in [7, 11) is 0. The maximum absolute atomic E-state index is 4.91. The minimum Gasteiger partial charge on any atom is -0.361 e. The standard InChI is InChI=1S/C6H7N5OS/c1-4-5(2-7-12-4)3-13-6-8-10-11-9-6/h2H,3H2,1H3,(H,8,9,10,11). The second-order valence-electron chi connectivity index (χ2n) is 2.39. The number of thioether (sulfide) groups is 1. The average Bonchev–Trinajstić information content (AvgIpc) is 2.72. The van der Waals surface area contributed by atoms with E-state index in [0.717, 1.165) is 17.1 Å². The van der Waals surface area contributed by atoms with Crippen LogP contribution >= 0.6 is 11.8 Å². The molecule has 0 aliphatic rings. The number of aromatic amines is 1. The molecule has 0 atom stereocenters. The van der Waals surface area contributed by atoms with Crippen LogP contribution in [0.5, 0.6) is 0 Å². The normalized spacial score (nSPS) is 10.5. The molecule has 0 amide bonds. The van der Waals surface area contributed by atoms with Crippen molar-refractivity contribution in [2.75, 3.05) is 0 Å². The highest BCUT2D eigenvalue weighted by Crippen LogP contribution is 2.19. The fourth-order valence-electron chi connectivity index (χ4n) is 0.814. The summed E-state index contributed by atoms with van der Waals surface area (Å²) in [6, 6.07) is 0. The van der Waals surface area contributed by atoms with Crippen LogP contribution in [0.4, 0.5) is 0 Å². The lowest BCUT2D eigenvalue weighted by molar-refractivity contribution is 0.396. The Kier molecular flexibility index (Phi) is 2.26. The average molecular weight is 197 g/mol. The van der Waals surface area contributed by atoms with Gasteiger partial charge in [0, 0.05) is 11.3 Å². The molecule has 0 saturated carbocycles. The van der Waals surface area contributed by atoms with Crippen LogP contribution in [0.2, 0.25) is 0 Å². The summed E-state index contributed by atoms with van der Waals surface area (Å²) >= 11 is 1.48. The Morgan fingerprint density at radius 2 is 2.54 bits per heavy atom. The Labute approximate surface area is 78.1 Å². The van der Waals surface area contributed by atoms with Crippen molar-refractivity contribution in [3.05, 3.63) is 17.5 Å². The van der Waals surface area contributed by atoms with Gasteiger partial charge in [-0.3, -0.25) is 0 Å². The van der Waals surface area contributed by atoms with Crippen LogP contribution in [0.15, 0.2) is 15.9 Å². The molecule has 68 valence electrons. The van der Waals surface area contributed by atoms with E-state index in [-0.39, 0.29) is 0 Å². The van der Waals surface area contributed by atoms with Crippen LogP contribution in [0.25, 0.3) is 0 Å². The highest BCUT2D eigenvalue weighted by Gasteiger charge is 2.05. The van der Waals surface area contributed by atoms with Crippen molar-refractivity contribution >= 4 is 11.8 Å². The lowest BCUT2D eigenvalue weighted by Crippen LogP contribution is -1.81. The molecule has 2 rings (SSSR count). The predicted molar refractivity (Wildman–Crippen MR) is 45.0 cm³/mol. The second-order valence-corrected chi connectivity index (χ2v) is 3.33. The van der Waals surface area contributed by atoms with E-state index in [2.05, 4.69) is 25.8 Å². The molecule has 0 fully saturated rings. The highest BCUT2D eigenvalue weighted by molar-refractivity contribution is 7.98. The molecule has 7 heteroatoms. The summed E-state index contributed by atoms with van der Waals surface area (Å²) in [4.78, 5) is 0. The maximum atomic E-state index is 4.91. The van der Waals surface area contributed by atoms with Crippen molar-refractivity contribution in [1.29, 1.82) is 0 Å². The first-order chi connectivity index (χ1) is 6.36. The molecule has 6 nitrogen and oxygen atoms in total. The lowest BCUT2D eigenvalue weighted by Gasteiger charge is -1.91. The monoisotopic (exact) mass is 197 g/mol. The SMILES string of the molecule is Cc1oncc1CSc1nn[nH]n1. The van der Waals surface area contributed by atoms with Gasteiger partial charge in [-0.2, -0.15) is 5.21 Å². The van der Waals surface area contributed by atoms with E-state index in [0.29, 0.717) is 5.16 Å². The molecule has 2 aromatic heterocycles. The van der Waals surface area contributed by atoms with Crippen molar-refractivity contribution in [1.82, 2.24) is 25.8 Å². The molecule has 0 aliphatic carbocycles. The van der Waals surface area contributed by atoms with E-state index < -0.39 is 0 Å². The minimum atomic E-state index is 0.626. The lowest BCUT2D eigenvalue weighted by atomic mass is 10.3. The van der Waals surface area contributed by atoms with Gasteiger partial charge in [0.15, 0.2) is 0 Å². The first-order valence-corrected chi connectivity index (χ1v) is 4.61. The van der Waals surface area contributed by atoms with Gasteiger partial charge >= 0.3 is 0 Å². The summed E-state index contributed by atoms with van der Waals surface area (Å²) in [6.07, 6.45) is 1.70. The number of aryl methyl sites for hydroxylation is 1. The topological polar surface area (TPSA) is 80.5 Å². The third-order valence-corrected chi connectivity index (χ3v) is 2.42. The molecular weight excluding hydrogens is 190 g/mol. The van der Waals surface area contributed by atoms with Crippen molar-refractivity contribution < 1.29 is 4.52 Å². The molecule has 0 aliphatic heterocycles. The van der Waals surface area contributed by atoms with Gasteiger partial charge in [0.1, 0.15) is 5.76 Å². The smallest absolute Gasteiger partial charge is 0.231 e. The predicted octanol–water partition coefficient (Wildman–Crippen LogP) is 0.788. The van der Waals surface area contributed by atoms with Crippen molar-refractivity contribution in [3.63, 3.8) is 0 Å². The van der Waals surface area contributed by atoms with E-state index in [1.807, 2.05) is 6.92 Å². The molecular formula is C6H7N5OS. The molecule has 2 aromatic rings. The Bertz CT molecular complexity index is 370. The number of rotatable bonds is 3. The van der Waals surface area contributed by atoms with Gasteiger partial charge in [0.05, 0.1) is 6.20 Å². The number of aromatic nitrogens is 5. The quantitative estimate of drug-likeness (QED) is 0.732. The van der Waals surface area contributed by atoms with E-state index in [9.17, 15) is 0 Å². The Morgan fingerprint density at radius 1 is 1.62 bits per heavy atom. The zero-order valence-corrected chi connectivity index (χ0v) is 7.71. The zero-order chi connectivity index (χ0) is 9.10. The molecule has 1 N–H and O–H groups in total. The third-order valence-electron chi connectivity index (χ3n) is 1.53. The molecule has 0 bridgehead atoms. The number of H-pyrrole nitrogens is 1. The van der Waals surface area contributed by atoms with Gasteiger partial charge in [0.2, 0.25) is 5.16 Å². The van der Waals surface area contributed by atoms with Crippen molar-refractivity contribution in [2.45, 2.75) is 17.8 Å². The summed E-state index contributed by atoms with van der Waals surface area (Å²) < 4.78 is 4.91. The molecule has 0 unspecified atom stereocenters. The summed E-state index contributed by atoms with van der Waals surface area (Å²) in [5.74, 6) is 1.57. The first-order valence-electron chi connectivity index (χ1n) is 3.62. The first kappa shape index (κ1) is 8.24. The summed E-state index contributed by atoms with van der Waals surface area (Å²) in [5, 5.41) is 17.7. The highest BCUT2D eigenvalue weighted by atomic mass is 32.2. The van der Waals surface area contributed by atoms with E-state index in [1.54, 1.807) is 6.20 Å². The van der Waals surface area contributed by atoms with Crippen LogP contribution in [0.3, 0.4) is 0 Å². The van der Waals surface area contributed by atoms with E-state index in [1.165, 1.54) is 11.8 Å². The summed E-state index contributed by atoms with van der Waals surface area (Å²) in [6.45, 7) is 1.87. The molecule has 0 radical (unpaired) electrons. The van der Waals surface area contributed by atoms with Gasteiger partial charge in [-0.05, 0) is 12.1 Å². The van der Waals surface area contributed by atoms with E-state index in [4.69, 9.17) is 4.52 Å². The van der Waals surface area contributed by atoms with Gasteiger partial charge in [-0.25, -0.2) is 0 Å². The fourth-order valence-corrected chi connectivity index (χ4v) is 1.58. The van der Waals surface area contributed by atoms with Crippen LogP contribution in [0.1, 0.15) is 11.3 Å². The largest absolute Gasteiger partial charge is 0.361 e. The van der Waals surface area contributed by atoms with Gasteiger partial charge in [-0.15, -0.1) is 10.2 Å². The Morgan fingerprint density at radius 3 is 3.15 bits per heavy atom. The van der Waals surface area contributed by atoms with Gasteiger partial charge in [0.25, 0.3) is 0 Å². The number of hydrogen-bond acceptors (Lipinski definition) is 6. The van der Waals surface area contributed by atoms with Crippen LogP contribution in [0, 0.1) is 6.92 Å². The second kappa shape index (κ2) is 3.56. The third kappa shape index (κ3) is 1.86. The molecule has 0 aromatic carbocycles. The zero-order valence-electron chi connectivity index (χ0n) is 6.89. The van der Waals surface area contributed by atoms with Crippen molar-refractivity contribution in [3.8, 4) is 0 Å². The van der Waals surface area contributed by atoms with E-state index >= 15 is 0 Å². The Hall–Kier alpha value is -1.37. The number of nitrogens with zero attached hydrogens (tertiary/aromatic N) is 4. The van der Waals surface area contributed by atoms with Gasteiger partial charge < -0.3 is 4.52 Å².